The molecule has 0 bridgehead atoms. The Bertz CT molecular complexity index is 956. The van der Waals surface area contributed by atoms with Crippen molar-refractivity contribution in [1.29, 1.82) is 0 Å². The van der Waals surface area contributed by atoms with Gasteiger partial charge >= 0.3 is 0 Å². The van der Waals surface area contributed by atoms with Crippen LogP contribution in [0.15, 0.2) is 36.7 Å². The molecule has 31 heavy (non-hydrogen) atoms. The van der Waals surface area contributed by atoms with E-state index >= 15 is 0 Å². The van der Waals surface area contributed by atoms with E-state index in [1.54, 1.807) is 0 Å². The molecule has 2 aromatic heterocycles. The molecular formula is C25H38N6. The number of anilines is 2. The molecule has 0 saturated heterocycles. The highest BCUT2D eigenvalue weighted by Crippen LogP contribution is 2.28. The molecule has 0 fully saturated rings. The Kier molecular flexibility index (Phi) is 8.29. The molecule has 0 saturated carbocycles. The van der Waals surface area contributed by atoms with Crippen molar-refractivity contribution in [2.75, 3.05) is 24.3 Å². The molecule has 0 spiro atoms. The monoisotopic (exact) mass is 422 g/mol. The van der Waals surface area contributed by atoms with Crippen LogP contribution >= 0.6 is 0 Å². The molecule has 0 unspecified atom stereocenters. The topological polar surface area (TPSA) is 58.0 Å². The highest BCUT2D eigenvalue weighted by molar-refractivity contribution is 5.90. The molecule has 3 aromatic rings. The molecule has 2 heterocycles. The van der Waals surface area contributed by atoms with Crippen LogP contribution in [0, 0.1) is 0 Å². The highest BCUT2D eigenvalue weighted by atomic mass is 15.3. The van der Waals surface area contributed by atoms with Crippen molar-refractivity contribution in [3.8, 4) is 0 Å². The number of rotatable bonds is 12. The van der Waals surface area contributed by atoms with E-state index in [1.165, 1.54) is 48.2 Å². The maximum Gasteiger partial charge on any atom is 0.159 e. The molecule has 6 heteroatoms. The fraction of sp³-hybridized carbons (Fsp3) is 0.520. The van der Waals surface area contributed by atoms with Crippen molar-refractivity contribution >= 4 is 22.4 Å². The fourth-order valence-corrected chi connectivity index (χ4v) is 4.08. The van der Waals surface area contributed by atoms with Gasteiger partial charge in [0, 0.05) is 57.2 Å². The third kappa shape index (κ3) is 5.76. The molecule has 6 nitrogen and oxygen atoms in total. The van der Waals surface area contributed by atoms with Crippen LogP contribution in [0.3, 0.4) is 0 Å². The number of benzene rings is 1. The van der Waals surface area contributed by atoms with Gasteiger partial charge in [-0.25, -0.2) is 9.67 Å². The van der Waals surface area contributed by atoms with E-state index in [2.05, 4.69) is 79.8 Å². The first-order valence-corrected chi connectivity index (χ1v) is 11.6. The van der Waals surface area contributed by atoms with E-state index in [9.17, 15) is 0 Å². The molecule has 0 radical (unpaired) electrons. The first-order chi connectivity index (χ1) is 15.1. The minimum atomic E-state index is 0.473. The SMILES string of the molecule is CCCC(CCC)Nc1c(CNCc2cccc(N(C)C)c2)cnc2c1cnn2CC. The molecule has 0 atom stereocenters. The van der Waals surface area contributed by atoms with E-state index in [1.807, 2.05) is 17.1 Å². The summed E-state index contributed by atoms with van der Waals surface area (Å²) in [5, 5.41) is 13.2. The summed E-state index contributed by atoms with van der Waals surface area (Å²) < 4.78 is 1.97. The summed E-state index contributed by atoms with van der Waals surface area (Å²) >= 11 is 0. The molecular weight excluding hydrogens is 384 g/mol. The predicted molar refractivity (Wildman–Crippen MR) is 132 cm³/mol. The summed E-state index contributed by atoms with van der Waals surface area (Å²) in [6.07, 6.45) is 8.67. The van der Waals surface area contributed by atoms with Crippen molar-refractivity contribution in [3.63, 3.8) is 0 Å². The zero-order valence-corrected chi connectivity index (χ0v) is 19.8. The molecule has 3 rings (SSSR count). The summed E-state index contributed by atoms with van der Waals surface area (Å²) in [5.41, 5.74) is 5.84. The van der Waals surface area contributed by atoms with Crippen molar-refractivity contribution < 1.29 is 0 Å². The quantitative estimate of drug-likeness (QED) is 0.421. The van der Waals surface area contributed by atoms with Crippen molar-refractivity contribution in [1.82, 2.24) is 20.1 Å². The first-order valence-electron chi connectivity index (χ1n) is 11.6. The van der Waals surface area contributed by atoms with Gasteiger partial charge in [0.15, 0.2) is 5.65 Å². The van der Waals surface area contributed by atoms with E-state index in [0.717, 1.165) is 30.7 Å². The van der Waals surface area contributed by atoms with Crippen LogP contribution in [0.25, 0.3) is 11.0 Å². The summed E-state index contributed by atoms with van der Waals surface area (Å²) in [7, 11) is 4.15. The molecule has 1 aromatic carbocycles. The zero-order valence-electron chi connectivity index (χ0n) is 19.8. The predicted octanol–water partition coefficient (Wildman–Crippen LogP) is 5.19. The van der Waals surface area contributed by atoms with Crippen molar-refractivity contribution in [2.45, 2.75) is 72.1 Å². The standard InChI is InChI=1S/C25H38N6/c1-6-10-21(11-7-2)29-24-20(17-27-25-23(24)18-28-31(25)8-3)16-26-15-19-12-9-13-22(14-19)30(4)5/h9,12-14,17-18,21,26H,6-8,10-11,15-16H2,1-5H3,(H,27,29). The van der Waals surface area contributed by atoms with Gasteiger partial charge in [-0.05, 0) is 37.5 Å². The van der Waals surface area contributed by atoms with Crippen LogP contribution in [0.5, 0.6) is 0 Å². The van der Waals surface area contributed by atoms with E-state index in [-0.39, 0.29) is 0 Å². The van der Waals surface area contributed by atoms with Crippen LogP contribution in [-0.4, -0.2) is 34.9 Å². The Balaban J connectivity index is 1.82. The van der Waals surface area contributed by atoms with Crippen molar-refractivity contribution in [2.24, 2.45) is 0 Å². The molecule has 0 aliphatic carbocycles. The maximum atomic E-state index is 4.75. The third-order valence-corrected chi connectivity index (χ3v) is 5.74. The van der Waals surface area contributed by atoms with E-state index in [0.29, 0.717) is 6.04 Å². The average molecular weight is 423 g/mol. The number of aryl methyl sites for hydroxylation is 1. The minimum absolute atomic E-state index is 0.473. The first kappa shape index (κ1) is 23.1. The Morgan fingerprint density at radius 1 is 1.03 bits per heavy atom. The number of hydrogen-bond donors (Lipinski definition) is 2. The maximum absolute atomic E-state index is 4.75. The van der Waals surface area contributed by atoms with Crippen LogP contribution in [0.2, 0.25) is 0 Å². The number of aromatic nitrogens is 3. The summed E-state index contributed by atoms with van der Waals surface area (Å²) in [5.74, 6) is 0. The molecule has 168 valence electrons. The Labute approximate surface area is 187 Å². The number of hydrogen-bond acceptors (Lipinski definition) is 5. The van der Waals surface area contributed by atoms with Gasteiger partial charge in [-0.1, -0.05) is 38.8 Å². The Morgan fingerprint density at radius 3 is 2.48 bits per heavy atom. The Hall–Kier alpha value is -2.60. The van der Waals surface area contributed by atoms with Gasteiger partial charge in [-0.3, -0.25) is 0 Å². The van der Waals surface area contributed by atoms with Gasteiger partial charge in [0.25, 0.3) is 0 Å². The molecule has 0 aliphatic heterocycles. The second-order valence-electron chi connectivity index (χ2n) is 8.44. The number of nitrogens with zero attached hydrogens (tertiary/aromatic N) is 4. The van der Waals surface area contributed by atoms with Gasteiger partial charge in [0.05, 0.1) is 17.3 Å². The summed E-state index contributed by atoms with van der Waals surface area (Å²) in [6.45, 7) is 9.02. The lowest BCUT2D eigenvalue weighted by Crippen LogP contribution is -2.22. The van der Waals surface area contributed by atoms with Gasteiger partial charge < -0.3 is 15.5 Å². The second-order valence-corrected chi connectivity index (χ2v) is 8.44. The van der Waals surface area contributed by atoms with Crippen molar-refractivity contribution in [3.05, 3.63) is 47.8 Å². The summed E-state index contributed by atoms with van der Waals surface area (Å²) in [4.78, 5) is 6.88. The van der Waals surface area contributed by atoms with Crippen LogP contribution in [0.4, 0.5) is 11.4 Å². The molecule has 0 amide bonds. The smallest absolute Gasteiger partial charge is 0.159 e. The third-order valence-electron chi connectivity index (χ3n) is 5.74. The Morgan fingerprint density at radius 2 is 1.81 bits per heavy atom. The molecule has 2 N–H and O–H groups in total. The van der Waals surface area contributed by atoms with Crippen LogP contribution < -0.4 is 15.5 Å². The normalized spacial score (nSPS) is 11.4. The number of pyridine rings is 1. The second kappa shape index (κ2) is 11.1. The zero-order chi connectivity index (χ0) is 22.2. The van der Waals surface area contributed by atoms with Gasteiger partial charge in [0.1, 0.15) is 0 Å². The van der Waals surface area contributed by atoms with Crippen LogP contribution in [-0.2, 0) is 19.6 Å². The fourth-order valence-electron chi connectivity index (χ4n) is 4.08. The van der Waals surface area contributed by atoms with Crippen LogP contribution in [0.1, 0.15) is 57.6 Å². The van der Waals surface area contributed by atoms with E-state index in [4.69, 9.17) is 4.98 Å². The van der Waals surface area contributed by atoms with E-state index < -0.39 is 0 Å². The lowest BCUT2D eigenvalue weighted by atomic mass is 10.0. The molecule has 0 aliphatic rings. The highest BCUT2D eigenvalue weighted by Gasteiger charge is 2.16. The largest absolute Gasteiger partial charge is 0.381 e. The minimum Gasteiger partial charge on any atom is -0.381 e. The van der Waals surface area contributed by atoms with Gasteiger partial charge in [-0.2, -0.15) is 5.10 Å². The lowest BCUT2D eigenvalue weighted by molar-refractivity contribution is 0.585. The number of nitrogens with one attached hydrogen (secondary N) is 2. The lowest BCUT2D eigenvalue weighted by Gasteiger charge is -2.22. The summed E-state index contributed by atoms with van der Waals surface area (Å²) in [6, 6.07) is 9.13. The number of fused-ring (bicyclic) bond motifs is 1. The van der Waals surface area contributed by atoms with Gasteiger partial charge in [-0.15, -0.1) is 0 Å². The average Bonchev–Trinajstić information content (AvgIpc) is 3.19. The van der Waals surface area contributed by atoms with Gasteiger partial charge in [0.2, 0.25) is 0 Å².